The summed E-state index contributed by atoms with van der Waals surface area (Å²) >= 11 is 3.54. The van der Waals surface area contributed by atoms with Crippen LogP contribution >= 0.6 is 15.9 Å². The molecular formula is C15H18BrN3. The lowest BCUT2D eigenvalue weighted by Gasteiger charge is -2.05. The average molecular weight is 320 g/mol. The Morgan fingerprint density at radius 3 is 2.58 bits per heavy atom. The predicted molar refractivity (Wildman–Crippen MR) is 81.0 cm³/mol. The molecule has 2 aromatic rings. The number of rotatable bonds is 6. The van der Waals surface area contributed by atoms with E-state index in [1.807, 2.05) is 30.6 Å². The molecule has 0 unspecified atom stereocenters. The molecule has 0 aliphatic carbocycles. The highest BCUT2D eigenvalue weighted by Gasteiger charge is 2.03. The Morgan fingerprint density at radius 1 is 1.16 bits per heavy atom. The molecule has 0 fully saturated rings. The molecule has 0 spiro atoms. The van der Waals surface area contributed by atoms with Gasteiger partial charge in [0.1, 0.15) is 5.82 Å². The van der Waals surface area contributed by atoms with E-state index in [9.17, 15) is 0 Å². The molecular weight excluding hydrogens is 302 g/mol. The summed E-state index contributed by atoms with van der Waals surface area (Å²) in [7, 11) is 0. The summed E-state index contributed by atoms with van der Waals surface area (Å²) in [6, 6.07) is 8.17. The van der Waals surface area contributed by atoms with Crippen LogP contribution in [-0.2, 0) is 13.0 Å². The minimum absolute atomic E-state index is 0.754. The number of hydrogen-bond donors (Lipinski definition) is 1. The fourth-order valence-electron chi connectivity index (χ4n) is 1.79. The van der Waals surface area contributed by atoms with Crippen molar-refractivity contribution in [2.75, 3.05) is 6.54 Å². The van der Waals surface area contributed by atoms with Crippen molar-refractivity contribution in [3.8, 4) is 0 Å². The van der Waals surface area contributed by atoms with Gasteiger partial charge in [-0.15, -0.1) is 0 Å². The second-order valence-corrected chi connectivity index (χ2v) is 5.31. The van der Waals surface area contributed by atoms with Crippen molar-refractivity contribution in [3.63, 3.8) is 0 Å². The van der Waals surface area contributed by atoms with E-state index in [1.165, 1.54) is 5.56 Å². The molecule has 1 N–H and O–H groups in total. The topological polar surface area (TPSA) is 37.8 Å². The monoisotopic (exact) mass is 319 g/mol. The van der Waals surface area contributed by atoms with E-state index in [0.717, 1.165) is 41.8 Å². The van der Waals surface area contributed by atoms with Gasteiger partial charge in [-0.3, -0.25) is 0 Å². The highest BCUT2D eigenvalue weighted by molar-refractivity contribution is 9.10. The molecule has 4 heteroatoms. The van der Waals surface area contributed by atoms with E-state index < -0.39 is 0 Å². The predicted octanol–water partition coefficient (Wildman–Crippen LogP) is 3.33. The largest absolute Gasteiger partial charge is 0.313 e. The highest BCUT2D eigenvalue weighted by Crippen LogP contribution is 2.17. The van der Waals surface area contributed by atoms with E-state index in [1.54, 1.807) is 0 Å². The van der Waals surface area contributed by atoms with Gasteiger partial charge in [0.2, 0.25) is 0 Å². The molecule has 3 nitrogen and oxygen atoms in total. The second kappa shape index (κ2) is 7.36. The SMILES string of the molecule is CCCNCc1cnc(Cc2ccccc2Br)nc1. The summed E-state index contributed by atoms with van der Waals surface area (Å²) in [5.74, 6) is 0.853. The van der Waals surface area contributed by atoms with E-state index in [2.05, 4.69) is 44.2 Å². The van der Waals surface area contributed by atoms with E-state index in [-0.39, 0.29) is 0 Å². The van der Waals surface area contributed by atoms with Crippen molar-refractivity contribution in [2.45, 2.75) is 26.3 Å². The van der Waals surface area contributed by atoms with Crippen molar-refractivity contribution in [2.24, 2.45) is 0 Å². The van der Waals surface area contributed by atoms with Crippen molar-refractivity contribution >= 4 is 15.9 Å². The highest BCUT2D eigenvalue weighted by atomic mass is 79.9. The van der Waals surface area contributed by atoms with Gasteiger partial charge >= 0.3 is 0 Å². The first kappa shape index (κ1) is 14.2. The maximum Gasteiger partial charge on any atom is 0.132 e. The third-order valence-electron chi connectivity index (χ3n) is 2.82. The van der Waals surface area contributed by atoms with Gasteiger partial charge < -0.3 is 5.32 Å². The molecule has 1 heterocycles. The zero-order valence-electron chi connectivity index (χ0n) is 11.1. The summed E-state index contributed by atoms with van der Waals surface area (Å²) in [5, 5.41) is 3.34. The summed E-state index contributed by atoms with van der Waals surface area (Å²) < 4.78 is 1.10. The van der Waals surface area contributed by atoms with Gasteiger partial charge in [0, 0.05) is 35.4 Å². The zero-order chi connectivity index (χ0) is 13.5. The molecule has 0 saturated heterocycles. The van der Waals surface area contributed by atoms with E-state index in [4.69, 9.17) is 0 Å². The number of hydrogen-bond acceptors (Lipinski definition) is 3. The fourth-order valence-corrected chi connectivity index (χ4v) is 2.21. The van der Waals surface area contributed by atoms with Crippen LogP contribution < -0.4 is 5.32 Å². The quantitative estimate of drug-likeness (QED) is 0.830. The molecule has 100 valence electrons. The van der Waals surface area contributed by atoms with E-state index >= 15 is 0 Å². The van der Waals surface area contributed by atoms with Crippen molar-refractivity contribution in [3.05, 3.63) is 58.1 Å². The Hall–Kier alpha value is -1.26. The molecule has 0 aliphatic heterocycles. The number of benzene rings is 1. The number of nitrogens with one attached hydrogen (secondary N) is 1. The van der Waals surface area contributed by atoms with Crippen molar-refractivity contribution in [1.29, 1.82) is 0 Å². The Bertz CT molecular complexity index is 511. The first-order valence-electron chi connectivity index (χ1n) is 6.53. The van der Waals surface area contributed by atoms with Gasteiger partial charge in [-0.25, -0.2) is 9.97 Å². The molecule has 2 rings (SSSR count). The van der Waals surface area contributed by atoms with Crippen LogP contribution in [0, 0.1) is 0 Å². The summed E-state index contributed by atoms with van der Waals surface area (Å²) in [6.07, 6.45) is 5.70. The van der Waals surface area contributed by atoms with Crippen LogP contribution in [0.15, 0.2) is 41.1 Å². The van der Waals surface area contributed by atoms with Crippen LogP contribution in [0.3, 0.4) is 0 Å². The van der Waals surface area contributed by atoms with Crippen molar-refractivity contribution in [1.82, 2.24) is 15.3 Å². The molecule has 0 saturated carbocycles. The number of nitrogens with zero attached hydrogens (tertiary/aromatic N) is 2. The van der Waals surface area contributed by atoms with Gasteiger partial charge in [-0.1, -0.05) is 41.1 Å². The zero-order valence-corrected chi connectivity index (χ0v) is 12.7. The average Bonchev–Trinajstić information content (AvgIpc) is 2.44. The van der Waals surface area contributed by atoms with Gasteiger partial charge in [0.25, 0.3) is 0 Å². The molecule has 0 amide bonds. The third-order valence-corrected chi connectivity index (χ3v) is 3.59. The second-order valence-electron chi connectivity index (χ2n) is 4.45. The molecule has 19 heavy (non-hydrogen) atoms. The van der Waals surface area contributed by atoms with Gasteiger partial charge in [-0.2, -0.15) is 0 Å². The van der Waals surface area contributed by atoms with Gasteiger partial charge in [-0.05, 0) is 24.6 Å². The fraction of sp³-hybridized carbons (Fsp3) is 0.333. The molecule has 0 atom stereocenters. The number of aromatic nitrogens is 2. The van der Waals surface area contributed by atoms with Crippen LogP contribution in [0.25, 0.3) is 0 Å². The van der Waals surface area contributed by atoms with Crippen LogP contribution in [0.5, 0.6) is 0 Å². The molecule has 0 bridgehead atoms. The van der Waals surface area contributed by atoms with Gasteiger partial charge in [0.15, 0.2) is 0 Å². The summed E-state index contributed by atoms with van der Waals surface area (Å²) in [5.41, 5.74) is 2.34. The normalized spacial score (nSPS) is 10.6. The summed E-state index contributed by atoms with van der Waals surface area (Å²) in [6.45, 7) is 4.02. The standard InChI is InChI=1S/C15H18BrN3/c1-2-7-17-9-12-10-18-15(19-11-12)8-13-5-3-4-6-14(13)16/h3-6,10-11,17H,2,7-9H2,1H3. The Kier molecular flexibility index (Phi) is 5.48. The number of halogens is 1. The van der Waals surface area contributed by atoms with Crippen molar-refractivity contribution < 1.29 is 0 Å². The van der Waals surface area contributed by atoms with Crippen LogP contribution in [0.1, 0.15) is 30.3 Å². The van der Waals surface area contributed by atoms with Gasteiger partial charge in [0.05, 0.1) is 0 Å². The molecule has 1 aromatic heterocycles. The summed E-state index contributed by atoms with van der Waals surface area (Å²) in [4.78, 5) is 8.84. The molecule has 0 radical (unpaired) electrons. The van der Waals surface area contributed by atoms with Crippen LogP contribution in [0.4, 0.5) is 0 Å². The van der Waals surface area contributed by atoms with E-state index in [0.29, 0.717) is 0 Å². The Balaban J connectivity index is 1.97. The lowest BCUT2D eigenvalue weighted by atomic mass is 10.1. The minimum Gasteiger partial charge on any atom is -0.313 e. The molecule has 1 aromatic carbocycles. The Labute approximate surface area is 122 Å². The first-order chi connectivity index (χ1) is 9.29. The minimum atomic E-state index is 0.754. The van der Waals surface area contributed by atoms with Crippen LogP contribution in [-0.4, -0.2) is 16.5 Å². The molecule has 0 aliphatic rings. The third kappa shape index (κ3) is 4.40. The lowest BCUT2D eigenvalue weighted by Crippen LogP contribution is -2.14. The first-order valence-corrected chi connectivity index (χ1v) is 7.33. The van der Waals surface area contributed by atoms with Crippen LogP contribution in [0.2, 0.25) is 0 Å². The smallest absolute Gasteiger partial charge is 0.132 e. The Morgan fingerprint density at radius 2 is 1.89 bits per heavy atom. The maximum atomic E-state index is 4.42. The lowest BCUT2D eigenvalue weighted by molar-refractivity contribution is 0.670. The maximum absolute atomic E-state index is 4.42.